The molecule has 2 saturated carbocycles. The zero-order valence-electron chi connectivity index (χ0n) is 14.3. The quantitative estimate of drug-likeness (QED) is 0.675. The van der Waals surface area contributed by atoms with E-state index in [2.05, 4.69) is 10.0 Å². The highest BCUT2D eigenvalue weighted by molar-refractivity contribution is 7.89. The summed E-state index contributed by atoms with van der Waals surface area (Å²) in [5.74, 6) is 0.234. The first kappa shape index (κ1) is 18.2. The van der Waals surface area contributed by atoms with Gasteiger partial charge in [0.1, 0.15) is 10.6 Å². The van der Waals surface area contributed by atoms with Crippen LogP contribution in [0.5, 0.6) is 5.75 Å². The van der Waals surface area contributed by atoms with E-state index in [0.29, 0.717) is 12.2 Å². The fraction of sp³-hybridized carbons (Fsp3) is 0.588. The molecule has 0 spiro atoms. The lowest BCUT2D eigenvalue weighted by molar-refractivity contribution is -0.120. The molecule has 0 unspecified atom stereocenters. The molecule has 1 aromatic rings. The van der Waals surface area contributed by atoms with E-state index in [-0.39, 0.29) is 34.4 Å². The van der Waals surface area contributed by atoms with E-state index in [1.807, 2.05) is 0 Å². The van der Waals surface area contributed by atoms with Gasteiger partial charge in [0.15, 0.2) is 0 Å². The summed E-state index contributed by atoms with van der Waals surface area (Å²) >= 11 is 0. The van der Waals surface area contributed by atoms with E-state index in [4.69, 9.17) is 10.5 Å². The predicted molar refractivity (Wildman–Crippen MR) is 94.9 cm³/mol. The first-order valence-electron chi connectivity index (χ1n) is 8.66. The van der Waals surface area contributed by atoms with E-state index in [9.17, 15) is 13.2 Å². The second-order valence-electron chi connectivity index (χ2n) is 6.78. The highest BCUT2D eigenvalue weighted by Gasteiger charge is 2.33. The summed E-state index contributed by atoms with van der Waals surface area (Å²) in [6.45, 7) is 0.492. The Morgan fingerprint density at radius 2 is 2.04 bits per heavy atom. The van der Waals surface area contributed by atoms with Crippen LogP contribution in [0.2, 0.25) is 0 Å². The number of rotatable bonds is 7. The van der Waals surface area contributed by atoms with Crippen molar-refractivity contribution in [2.24, 2.45) is 17.6 Å². The average Bonchev–Trinajstić information content (AvgIpc) is 3.25. The Hall–Kier alpha value is -1.64. The van der Waals surface area contributed by atoms with E-state index in [1.165, 1.54) is 13.2 Å². The van der Waals surface area contributed by atoms with Gasteiger partial charge in [0.2, 0.25) is 15.9 Å². The van der Waals surface area contributed by atoms with Crippen molar-refractivity contribution in [2.45, 2.75) is 43.0 Å². The molecule has 0 heterocycles. The molecule has 0 saturated heterocycles. The molecule has 0 aromatic heterocycles. The smallest absolute Gasteiger partial charge is 0.244 e. The van der Waals surface area contributed by atoms with Crippen molar-refractivity contribution < 1.29 is 17.9 Å². The highest BCUT2D eigenvalue weighted by atomic mass is 32.2. The Labute approximate surface area is 148 Å². The topological polar surface area (TPSA) is 111 Å². The third-order valence-corrected chi connectivity index (χ3v) is 6.46. The lowest BCUT2D eigenvalue weighted by Gasteiger charge is -2.18. The number of carbonyl (C=O) groups excluding carboxylic acids is 1. The largest absolute Gasteiger partial charge is 0.495 e. The normalized spacial score (nSPS) is 23.4. The Morgan fingerprint density at radius 3 is 2.68 bits per heavy atom. The molecule has 0 aliphatic heterocycles. The fourth-order valence-electron chi connectivity index (χ4n) is 3.35. The molecule has 7 nitrogen and oxygen atoms in total. The molecule has 0 bridgehead atoms. The molecule has 25 heavy (non-hydrogen) atoms. The maximum absolute atomic E-state index is 12.5. The van der Waals surface area contributed by atoms with Gasteiger partial charge in [-0.15, -0.1) is 0 Å². The number of amides is 1. The van der Waals surface area contributed by atoms with Gasteiger partial charge in [-0.3, -0.25) is 4.79 Å². The van der Waals surface area contributed by atoms with E-state index < -0.39 is 10.0 Å². The van der Waals surface area contributed by atoms with Crippen LogP contribution < -0.4 is 20.5 Å². The van der Waals surface area contributed by atoms with Gasteiger partial charge in [0.05, 0.1) is 7.11 Å². The van der Waals surface area contributed by atoms with Crippen molar-refractivity contribution in [3.05, 3.63) is 18.2 Å². The monoisotopic (exact) mass is 367 g/mol. The third-order valence-electron chi connectivity index (χ3n) is 4.92. The van der Waals surface area contributed by atoms with E-state index >= 15 is 0 Å². The fourth-order valence-corrected chi connectivity index (χ4v) is 4.85. The molecular formula is C17H25N3O4S. The molecule has 0 radical (unpaired) electrons. The van der Waals surface area contributed by atoms with Gasteiger partial charge in [0.25, 0.3) is 0 Å². The molecule has 1 amide bonds. The van der Waals surface area contributed by atoms with Gasteiger partial charge in [-0.25, -0.2) is 13.1 Å². The second-order valence-corrected chi connectivity index (χ2v) is 8.47. The van der Waals surface area contributed by atoms with Gasteiger partial charge in [0, 0.05) is 17.6 Å². The first-order valence-corrected chi connectivity index (χ1v) is 10.1. The Morgan fingerprint density at radius 1 is 1.28 bits per heavy atom. The SMILES string of the molecule is COc1ccc(NC(=O)[C@@H]2CCC[C@@H]2CN)cc1S(=O)(=O)NC1CC1. The highest BCUT2D eigenvalue weighted by Crippen LogP contribution is 2.33. The minimum Gasteiger partial charge on any atom is -0.495 e. The summed E-state index contributed by atoms with van der Waals surface area (Å²) in [6.07, 6.45) is 4.47. The van der Waals surface area contributed by atoms with Crippen molar-refractivity contribution in [1.82, 2.24) is 4.72 Å². The summed E-state index contributed by atoms with van der Waals surface area (Å²) in [7, 11) is -2.25. The average molecular weight is 367 g/mol. The van der Waals surface area contributed by atoms with Gasteiger partial charge >= 0.3 is 0 Å². The number of nitrogens with one attached hydrogen (secondary N) is 2. The number of carbonyl (C=O) groups is 1. The molecule has 2 aliphatic carbocycles. The lowest BCUT2D eigenvalue weighted by Crippen LogP contribution is -2.30. The Balaban J connectivity index is 1.80. The van der Waals surface area contributed by atoms with Gasteiger partial charge in [-0.05, 0) is 56.3 Å². The van der Waals surface area contributed by atoms with Crippen molar-refractivity contribution in [1.29, 1.82) is 0 Å². The minimum absolute atomic E-state index is 0.00301. The number of hydrogen-bond donors (Lipinski definition) is 3. The van der Waals surface area contributed by atoms with Crippen LogP contribution in [0.4, 0.5) is 5.69 Å². The molecule has 2 fully saturated rings. The maximum Gasteiger partial charge on any atom is 0.244 e. The van der Waals surface area contributed by atoms with Crippen LogP contribution in [-0.2, 0) is 14.8 Å². The minimum atomic E-state index is -3.68. The van der Waals surface area contributed by atoms with Gasteiger partial charge in [-0.2, -0.15) is 0 Å². The molecular weight excluding hydrogens is 342 g/mol. The van der Waals surface area contributed by atoms with Gasteiger partial charge < -0.3 is 15.8 Å². The molecule has 2 atom stereocenters. The number of sulfonamides is 1. The van der Waals surface area contributed by atoms with Crippen molar-refractivity contribution in [2.75, 3.05) is 19.0 Å². The summed E-state index contributed by atoms with van der Waals surface area (Å²) in [5.41, 5.74) is 6.19. The summed E-state index contributed by atoms with van der Waals surface area (Å²) in [4.78, 5) is 12.6. The number of ether oxygens (including phenoxy) is 1. The molecule has 138 valence electrons. The van der Waals surface area contributed by atoms with Crippen LogP contribution in [-0.4, -0.2) is 34.0 Å². The number of methoxy groups -OCH3 is 1. The molecule has 3 rings (SSSR count). The molecule has 1 aromatic carbocycles. The van der Waals surface area contributed by atoms with Crippen molar-refractivity contribution in [3.8, 4) is 5.75 Å². The van der Waals surface area contributed by atoms with E-state index in [0.717, 1.165) is 32.1 Å². The van der Waals surface area contributed by atoms with Crippen molar-refractivity contribution in [3.63, 3.8) is 0 Å². The van der Waals surface area contributed by atoms with Crippen LogP contribution in [0.3, 0.4) is 0 Å². The number of hydrogen-bond acceptors (Lipinski definition) is 5. The zero-order chi connectivity index (χ0) is 18.0. The third kappa shape index (κ3) is 4.13. The number of benzene rings is 1. The van der Waals surface area contributed by atoms with E-state index in [1.54, 1.807) is 12.1 Å². The number of anilines is 1. The number of nitrogens with two attached hydrogens (primary N) is 1. The summed E-state index contributed by atoms with van der Waals surface area (Å²) in [5, 5.41) is 2.84. The summed E-state index contributed by atoms with van der Waals surface area (Å²) in [6, 6.07) is 4.66. The van der Waals surface area contributed by atoms with Crippen LogP contribution in [0, 0.1) is 11.8 Å². The second kappa shape index (κ2) is 7.31. The van der Waals surface area contributed by atoms with Crippen LogP contribution in [0.1, 0.15) is 32.1 Å². The van der Waals surface area contributed by atoms with Gasteiger partial charge in [-0.1, -0.05) is 6.42 Å². The Kier molecular flexibility index (Phi) is 5.31. The molecule has 2 aliphatic rings. The first-order chi connectivity index (χ1) is 11.9. The Bertz CT molecular complexity index is 746. The zero-order valence-corrected chi connectivity index (χ0v) is 15.1. The summed E-state index contributed by atoms with van der Waals surface area (Å²) < 4.78 is 32.9. The van der Waals surface area contributed by atoms with Crippen LogP contribution in [0.25, 0.3) is 0 Å². The predicted octanol–water partition coefficient (Wildman–Crippen LogP) is 1.45. The molecule has 4 N–H and O–H groups in total. The maximum atomic E-state index is 12.5. The van der Waals surface area contributed by atoms with Crippen LogP contribution in [0.15, 0.2) is 23.1 Å². The standard InChI is InChI=1S/C17H25N3O4S/c1-24-15-8-7-13(9-16(15)25(22,23)20-12-5-6-12)19-17(21)14-4-2-3-11(14)10-18/h7-9,11-12,14,20H,2-6,10,18H2,1H3,(H,19,21)/t11-,14-/m1/s1. The molecule has 8 heteroatoms. The van der Waals surface area contributed by atoms with Crippen molar-refractivity contribution >= 4 is 21.6 Å². The lowest BCUT2D eigenvalue weighted by atomic mass is 9.95. The van der Waals surface area contributed by atoms with Crippen LogP contribution >= 0.6 is 0 Å².